The Kier molecular flexibility index (Phi) is 8.41. The first kappa shape index (κ1) is 34.6. The highest BCUT2D eigenvalue weighted by Crippen LogP contribution is 2.49. The SMILES string of the molecule is C1=CC(n2c3ccccc3c3cc(C4=CCC5C(=C4)c4ccccc4N5c4ccccc4)ccc32)NC(C2=Cc3c(c4ccccc4c4ccccc34)CC2)N1.CC. The van der Waals surface area contributed by atoms with Gasteiger partial charge in [-0.2, -0.15) is 0 Å². The summed E-state index contributed by atoms with van der Waals surface area (Å²) in [5, 5.41) is 15.7. The highest BCUT2D eigenvalue weighted by Gasteiger charge is 2.36. The standard InChI is InChI=1S/C52H40N4.C2H6/c1-2-12-36(13-3-1)55-47-20-10-8-18-42(47)45-30-33(23-26-49(45)55)34-24-27-50-46(31-34)43-19-9-11-21-48(43)56(50)51-28-29-53-52(54-51)35-22-25-41-39-16-5-4-14-37(39)38-15-6-7-17-40(38)44(41)32-35;1-2/h1-21,23-24,27-32,49,51-54H,22,25-26H2;1-2H3. The molecule has 3 atom stereocenters. The van der Waals surface area contributed by atoms with Crippen molar-refractivity contribution in [1.82, 2.24) is 15.2 Å². The lowest BCUT2D eigenvalue weighted by Crippen LogP contribution is -2.47. The Morgan fingerprint density at radius 1 is 0.603 bits per heavy atom. The van der Waals surface area contributed by atoms with Gasteiger partial charge in [-0.15, -0.1) is 0 Å². The number of aryl methyl sites for hydroxylation is 1. The van der Waals surface area contributed by atoms with Crippen LogP contribution >= 0.6 is 0 Å². The van der Waals surface area contributed by atoms with Gasteiger partial charge < -0.3 is 14.8 Å². The number of rotatable bonds is 4. The van der Waals surface area contributed by atoms with Gasteiger partial charge in [0.15, 0.2) is 0 Å². The van der Waals surface area contributed by atoms with E-state index in [1.165, 1.54) is 93.7 Å². The van der Waals surface area contributed by atoms with Crippen LogP contribution in [0.5, 0.6) is 0 Å². The van der Waals surface area contributed by atoms with Gasteiger partial charge >= 0.3 is 0 Å². The minimum Gasteiger partial charge on any atom is -0.372 e. The zero-order valence-electron chi connectivity index (χ0n) is 33.0. The summed E-state index contributed by atoms with van der Waals surface area (Å²) in [4.78, 5) is 2.52. The molecule has 0 amide bonds. The fourth-order valence-corrected chi connectivity index (χ4v) is 10.2. The number of anilines is 2. The minimum absolute atomic E-state index is 0.0131. The molecule has 7 aromatic carbocycles. The van der Waals surface area contributed by atoms with Crippen molar-refractivity contribution in [3.05, 3.63) is 198 Å². The normalized spacial score (nSPS) is 19.4. The summed E-state index contributed by atoms with van der Waals surface area (Å²) in [5.41, 5.74) is 14.5. The van der Waals surface area contributed by atoms with Crippen LogP contribution in [0.3, 0.4) is 0 Å². The monoisotopic (exact) mass is 750 g/mol. The van der Waals surface area contributed by atoms with Gasteiger partial charge in [-0.3, -0.25) is 5.32 Å². The van der Waals surface area contributed by atoms with Crippen molar-refractivity contribution in [3.63, 3.8) is 0 Å². The number of allylic oxidation sites excluding steroid dienone is 2. The maximum Gasteiger partial charge on any atom is 0.107 e. The fourth-order valence-electron chi connectivity index (χ4n) is 10.2. The quantitative estimate of drug-likeness (QED) is 0.176. The lowest BCUT2D eigenvalue weighted by Gasteiger charge is -2.33. The van der Waals surface area contributed by atoms with Crippen LogP contribution in [0.25, 0.3) is 60.6 Å². The number of benzene rings is 7. The van der Waals surface area contributed by atoms with Crippen molar-refractivity contribution in [3.8, 4) is 0 Å². The second-order valence-corrected chi connectivity index (χ2v) is 15.6. The average Bonchev–Trinajstić information content (AvgIpc) is 3.82. The summed E-state index contributed by atoms with van der Waals surface area (Å²) in [5.74, 6) is 0. The van der Waals surface area contributed by atoms with E-state index >= 15 is 0 Å². The van der Waals surface area contributed by atoms with Crippen LogP contribution in [0.1, 0.15) is 55.1 Å². The van der Waals surface area contributed by atoms with Gasteiger partial charge in [0.2, 0.25) is 0 Å². The zero-order valence-corrected chi connectivity index (χ0v) is 33.0. The maximum absolute atomic E-state index is 4.03. The molecule has 0 bridgehead atoms. The number of aromatic nitrogens is 1. The Labute approximate surface area is 340 Å². The molecule has 0 spiro atoms. The molecule has 3 unspecified atom stereocenters. The summed E-state index contributed by atoms with van der Waals surface area (Å²) in [6.07, 6.45) is 14.8. The lowest BCUT2D eigenvalue weighted by molar-refractivity contribution is 0.396. The summed E-state index contributed by atoms with van der Waals surface area (Å²) in [6, 6.07) is 53.8. The van der Waals surface area contributed by atoms with E-state index in [-0.39, 0.29) is 12.3 Å². The van der Waals surface area contributed by atoms with Crippen molar-refractivity contribution in [1.29, 1.82) is 0 Å². The molecule has 0 saturated heterocycles. The molecule has 1 aromatic heterocycles. The zero-order chi connectivity index (χ0) is 38.7. The molecule has 2 N–H and O–H groups in total. The third-order valence-electron chi connectivity index (χ3n) is 12.7. The molecule has 12 rings (SSSR count). The van der Waals surface area contributed by atoms with Crippen molar-refractivity contribution in [2.24, 2.45) is 0 Å². The van der Waals surface area contributed by atoms with Crippen LogP contribution in [0, 0.1) is 0 Å². The number of hydrogen-bond acceptors (Lipinski definition) is 3. The molecule has 282 valence electrons. The van der Waals surface area contributed by atoms with Crippen LogP contribution < -0.4 is 15.5 Å². The number of hydrogen-bond donors (Lipinski definition) is 2. The summed E-state index contributed by atoms with van der Waals surface area (Å²) in [7, 11) is 0. The van der Waals surface area contributed by atoms with Crippen LogP contribution in [0.15, 0.2) is 176 Å². The summed E-state index contributed by atoms with van der Waals surface area (Å²) in [6.45, 7) is 4.00. The van der Waals surface area contributed by atoms with E-state index < -0.39 is 0 Å². The first-order valence-electron chi connectivity index (χ1n) is 21.0. The Hall–Kier alpha value is -6.62. The molecule has 8 aromatic rings. The first-order valence-corrected chi connectivity index (χ1v) is 21.0. The largest absolute Gasteiger partial charge is 0.372 e. The molecule has 2 aliphatic carbocycles. The molecule has 58 heavy (non-hydrogen) atoms. The van der Waals surface area contributed by atoms with E-state index in [4.69, 9.17) is 0 Å². The minimum atomic E-state index is -0.0131. The molecule has 0 radical (unpaired) electrons. The van der Waals surface area contributed by atoms with E-state index in [1.807, 2.05) is 13.8 Å². The topological polar surface area (TPSA) is 32.2 Å². The predicted molar refractivity (Wildman–Crippen MR) is 246 cm³/mol. The molecule has 2 aliphatic heterocycles. The van der Waals surface area contributed by atoms with Gasteiger partial charge in [-0.1, -0.05) is 135 Å². The van der Waals surface area contributed by atoms with Gasteiger partial charge in [0.25, 0.3) is 0 Å². The molecule has 4 aliphatic rings. The Balaban J connectivity index is 0.00000190. The van der Waals surface area contributed by atoms with Crippen molar-refractivity contribution in [2.45, 2.75) is 51.5 Å². The van der Waals surface area contributed by atoms with E-state index in [1.54, 1.807) is 0 Å². The third-order valence-corrected chi connectivity index (χ3v) is 12.7. The van der Waals surface area contributed by atoms with E-state index in [2.05, 4.69) is 196 Å². The third kappa shape index (κ3) is 5.39. The molecule has 4 heteroatoms. The van der Waals surface area contributed by atoms with E-state index in [0.29, 0.717) is 6.04 Å². The van der Waals surface area contributed by atoms with Gasteiger partial charge in [0, 0.05) is 27.7 Å². The van der Waals surface area contributed by atoms with E-state index in [9.17, 15) is 0 Å². The highest BCUT2D eigenvalue weighted by atomic mass is 15.3. The summed E-state index contributed by atoms with van der Waals surface area (Å²) < 4.78 is 2.49. The molecular weight excluding hydrogens is 705 g/mol. The van der Waals surface area contributed by atoms with Gasteiger partial charge in [-0.25, -0.2) is 0 Å². The average molecular weight is 751 g/mol. The van der Waals surface area contributed by atoms with Gasteiger partial charge in [0.1, 0.15) is 12.3 Å². The van der Waals surface area contributed by atoms with Crippen molar-refractivity contribution >= 4 is 71.9 Å². The number of nitrogens with zero attached hydrogens (tertiary/aromatic N) is 2. The smallest absolute Gasteiger partial charge is 0.107 e. The maximum atomic E-state index is 4.03. The molecule has 0 saturated carbocycles. The molecule has 0 fully saturated rings. The van der Waals surface area contributed by atoms with E-state index in [0.717, 1.165) is 19.3 Å². The van der Waals surface area contributed by atoms with Crippen molar-refractivity contribution < 1.29 is 0 Å². The van der Waals surface area contributed by atoms with Gasteiger partial charge in [0.05, 0.1) is 17.1 Å². The fraction of sp³-hybridized carbons (Fsp3) is 0.148. The number of nitrogens with one attached hydrogen (secondary N) is 2. The van der Waals surface area contributed by atoms with Crippen LogP contribution in [-0.4, -0.2) is 16.8 Å². The predicted octanol–water partition coefficient (Wildman–Crippen LogP) is 13.1. The lowest BCUT2D eigenvalue weighted by atomic mass is 9.83. The second kappa shape index (κ2) is 14.1. The van der Waals surface area contributed by atoms with Crippen LogP contribution in [0.2, 0.25) is 0 Å². The summed E-state index contributed by atoms with van der Waals surface area (Å²) >= 11 is 0. The highest BCUT2D eigenvalue weighted by molar-refractivity contribution is 6.13. The molecular formula is C54H46N4. The van der Waals surface area contributed by atoms with Crippen molar-refractivity contribution in [2.75, 3.05) is 4.90 Å². The Bertz CT molecular complexity index is 3030. The number of fused-ring (bicyclic) bond motifs is 12. The first-order chi connectivity index (χ1) is 28.8. The van der Waals surface area contributed by atoms with Gasteiger partial charge in [-0.05, 0) is 129 Å². The number of para-hydroxylation sites is 3. The molecule has 3 heterocycles. The Morgan fingerprint density at radius 3 is 2.14 bits per heavy atom. The Morgan fingerprint density at radius 2 is 1.29 bits per heavy atom. The molecule has 4 nitrogen and oxygen atoms in total. The second-order valence-electron chi connectivity index (χ2n) is 15.6. The van der Waals surface area contributed by atoms with Crippen LogP contribution in [0.4, 0.5) is 11.4 Å². The van der Waals surface area contributed by atoms with Crippen LogP contribution in [-0.2, 0) is 6.42 Å².